The smallest absolute Gasteiger partial charge is 0.0721 e. The molecule has 2 heterocycles. The maximum Gasteiger partial charge on any atom is 0.0721 e. The fourth-order valence-corrected chi connectivity index (χ4v) is 5.51. The molecule has 2 aliphatic heterocycles. The largest absolute Gasteiger partial charge is 0.391 e. The van der Waals surface area contributed by atoms with Gasteiger partial charge in [0.1, 0.15) is 0 Å². The van der Waals surface area contributed by atoms with Crippen molar-refractivity contribution in [3.05, 3.63) is 70.8 Å². The summed E-state index contributed by atoms with van der Waals surface area (Å²) in [6.07, 6.45) is 2.51. The van der Waals surface area contributed by atoms with Gasteiger partial charge in [0.25, 0.3) is 0 Å². The molecule has 2 N–H and O–H groups in total. The summed E-state index contributed by atoms with van der Waals surface area (Å²) in [5, 5.41) is 21.6. The lowest BCUT2D eigenvalue weighted by molar-refractivity contribution is -0.0780. The van der Waals surface area contributed by atoms with Crippen molar-refractivity contribution in [2.45, 2.75) is 63.1 Å². The van der Waals surface area contributed by atoms with Gasteiger partial charge < -0.3 is 10.2 Å². The van der Waals surface area contributed by atoms with Gasteiger partial charge in [-0.2, -0.15) is 0 Å². The van der Waals surface area contributed by atoms with Crippen LogP contribution in [0.5, 0.6) is 0 Å². The van der Waals surface area contributed by atoms with Gasteiger partial charge in [-0.05, 0) is 41.5 Å². The molecule has 1 saturated carbocycles. The van der Waals surface area contributed by atoms with Crippen LogP contribution in [0.4, 0.5) is 0 Å². The summed E-state index contributed by atoms with van der Waals surface area (Å²) in [4.78, 5) is 4.90. The maximum atomic E-state index is 10.8. The van der Waals surface area contributed by atoms with Crippen molar-refractivity contribution in [1.82, 2.24) is 9.80 Å². The van der Waals surface area contributed by atoms with Crippen LogP contribution in [-0.4, -0.2) is 57.4 Å². The highest BCUT2D eigenvalue weighted by Crippen LogP contribution is 2.33. The van der Waals surface area contributed by atoms with Crippen molar-refractivity contribution >= 4 is 0 Å². The van der Waals surface area contributed by atoms with E-state index in [1.807, 2.05) is 0 Å². The van der Waals surface area contributed by atoms with Gasteiger partial charge in [-0.15, -0.1) is 0 Å². The van der Waals surface area contributed by atoms with Crippen LogP contribution in [0, 0.1) is 0 Å². The lowest BCUT2D eigenvalue weighted by Gasteiger charge is -2.48. The van der Waals surface area contributed by atoms with E-state index < -0.39 is 12.2 Å². The van der Waals surface area contributed by atoms with Crippen LogP contribution < -0.4 is 0 Å². The summed E-state index contributed by atoms with van der Waals surface area (Å²) in [6, 6.07) is 17.6. The third kappa shape index (κ3) is 3.39. The van der Waals surface area contributed by atoms with Crippen LogP contribution in [0.25, 0.3) is 0 Å². The van der Waals surface area contributed by atoms with Crippen molar-refractivity contribution < 1.29 is 10.2 Å². The number of hydrogen-bond acceptors (Lipinski definition) is 4. The number of aliphatic hydroxyl groups excluding tert-OH is 2. The van der Waals surface area contributed by atoms with Crippen LogP contribution in [0.1, 0.15) is 35.1 Å². The van der Waals surface area contributed by atoms with Crippen LogP contribution in [0.2, 0.25) is 0 Å². The first-order valence-corrected chi connectivity index (χ1v) is 10.7. The van der Waals surface area contributed by atoms with Gasteiger partial charge >= 0.3 is 0 Å². The van der Waals surface area contributed by atoms with E-state index in [1.165, 1.54) is 22.3 Å². The van der Waals surface area contributed by atoms with Gasteiger partial charge in [0.15, 0.2) is 0 Å². The molecular weight excluding hydrogens is 348 g/mol. The Morgan fingerprint density at radius 3 is 1.50 bits per heavy atom. The number of aliphatic hydroxyl groups is 2. The Morgan fingerprint density at radius 2 is 1.04 bits per heavy atom. The first-order valence-electron chi connectivity index (χ1n) is 10.7. The first kappa shape index (κ1) is 18.3. The quantitative estimate of drug-likeness (QED) is 0.842. The Hall–Kier alpha value is -1.72. The van der Waals surface area contributed by atoms with E-state index >= 15 is 0 Å². The SMILES string of the molecule is O[C@@H]1C[C@@H](O)[C@H](N2CCc3ccccc3C2)C[C@H]1N1CCc2ccccc2C1. The number of hydrogen-bond donors (Lipinski definition) is 2. The van der Waals surface area contributed by atoms with Crippen molar-refractivity contribution in [3.63, 3.8) is 0 Å². The molecule has 0 bridgehead atoms. The van der Waals surface area contributed by atoms with E-state index in [2.05, 4.69) is 58.3 Å². The third-order valence-corrected chi connectivity index (χ3v) is 7.11. The Bertz CT molecular complexity index is 771. The van der Waals surface area contributed by atoms with E-state index in [1.54, 1.807) is 0 Å². The number of fused-ring (bicyclic) bond motifs is 2. The highest BCUT2D eigenvalue weighted by molar-refractivity contribution is 5.30. The van der Waals surface area contributed by atoms with Gasteiger partial charge in [0, 0.05) is 44.7 Å². The molecule has 0 spiro atoms. The zero-order valence-electron chi connectivity index (χ0n) is 16.4. The maximum absolute atomic E-state index is 10.8. The van der Waals surface area contributed by atoms with Gasteiger partial charge in [-0.3, -0.25) is 9.80 Å². The second kappa shape index (κ2) is 7.60. The number of rotatable bonds is 2. The molecule has 1 fully saturated rings. The van der Waals surface area contributed by atoms with Gasteiger partial charge in [0.2, 0.25) is 0 Å². The van der Waals surface area contributed by atoms with Gasteiger partial charge in [0.05, 0.1) is 12.2 Å². The monoisotopic (exact) mass is 378 g/mol. The molecule has 0 saturated heterocycles. The van der Waals surface area contributed by atoms with Crippen molar-refractivity contribution in [3.8, 4) is 0 Å². The van der Waals surface area contributed by atoms with Crippen LogP contribution in [0.15, 0.2) is 48.5 Å². The summed E-state index contributed by atoms with van der Waals surface area (Å²) < 4.78 is 0. The van der Waals surface area contributed by atoms with Gasteiger partial charge in [-0.1, -0.05) is 48.5 Å². The number of benzene rings is 2. The molecule has 4 nitrogen and oxygen atoms in total. The Kier molecular flexibility index (Phi) is 4.97. The molecule has 148 valence electrons. The molecule has 4 atom stereocenters. The zero-order chi connectivity index (χ0) is 19.1. The average Bonchev–Trinajstić information content (AvgIpc) is 2.73. The predicted molar refractivity (Wildman–Crippen MR) is 110 cm³/mol. The normalized spacial score (nSPS) is 31.2. The second-order valence-electron chi connectivity index (χ2n) is 8.72. The van der Waals surface area contributed by atoms with Crippen molar-refractivity contribution in [1.29, 1.82) is 0 Å². The fraction of sp³-hybridized carbons (Fsp3) is 0.500. The van der Waals surface area contributed by atoms with E-state index in [4.69, 9.17) is 0 Å². The molecule has 5 rings (SSSR count). The predicted octanol–water partition coefficient (Wildman–Crippen LogP) is 2.36. The summed E-state index contributed by atoms with van der Waals surface area (Å²) in [5.41, 5.74) is 5.65. The summed E-state index contributed by atoms with van der Waals surface area (Å²) in [6.45, 7) is 3.79. The number of nitrogens with zero attached hydrogens (tertiary/aromatic N) is 2. The molecule has 2 aromatic rings. The molecule has 2 aromatic carbocycles. The zero-order valence-corrected chi connectivity index (χ0v) is 16.4. The first-order chi connectivity index (χ1) is 13.7. The molecular formula is C24H30N2O2. The van der Waals surface area contributed by atoms with E-state index in [-0.39, 0.29) is 12.1 Å². The average molecular weight is 379 g/mol. The Balaban J connectivity index is 1.33. The molecule has 4 heteroatoms. The summed E-state index contributed by atoms with van der Waals surface area (Å²) in [7, 11) is 0. The minimum absolute atomic E-state index is 0.124. The minimum Gasteiger partial charge on any atom is -0.391 e. The molecule has 28 heavy (non-hydrogen) atoms. The second-order valence-corrected chi connectivity index (χ2v) is 8.72. The van der Waals surface area contributed by atoms with Crippen LogP contribution >= 0.6 is 0 Å². The topological polar surface area (TPSA) is 46.9 Å². The Morgan fingerprint density at radius 1 is 0.607 bits per heavy atom. The highest BCUT2D eigenvalue weighted by atomic mass is 16.3. The van der Waals surface area contributed by atoms with E-state index in [0.29, 0.717) is 6.42 Å². The molecule has 0 aromatic heterocycles. The fourth-order valence-electron chi connectivity index (χ4n) is 5.51. The molecule has 0 radical (unpaired) electrons. The summed E-state index contributed by atoms with van der Waals surface area (Å²) >= 11 is 0. The van der Waals surface area contributed by atoms with E-state index in [0.717, 1.165) is 45.4 Å². The highest BCUT2D eigenvalue weighted by Gasteiger charge is 2.41. The molecule has 1 aliphatic carbocycles. The summed E-state index contributed by atoms with van der Waals surface area (Å²) in [5.74, 6) is 0. The van der Waals surface area contributed by atoms with Gasteiger partial charge in [-0.25, -0.2) is 0 Å². The van der Waals surface area contributed by atoms with Crippen LogP contribution in [-0.2, 0) is 25.9 Å². The van der Waals surface area contributed by atoms with Crippen LogP contribution in [0.3, 0.4) is 0 Å². The third-order valence-electron chi connectivity index (χ3n) is 7.11. The van der Waals surface area contributed by atoms with Crippen molar-refractivity contribution in [2.75, 3.05) is 13.1 Å². The standard InChI is InChI=1S/C24H30N2O2/c27-23-14-24(28)22(26-12-10-18-6-2-4-8-20(18)16-26)13-21(23)25-11-9-17-5-1-3-7-19(17)15-25/h1-8,21-24,27-28H,9-16H2/t21-,22-,23-,24-/m1/s1. The van der Waals surface area contributed by atoms with E-state index in [9.17, 15) is 10.2 Å². The lowest BCUT2D eigenvalue weighted by atomic mass is 9.82. The lowest BCUT2D eigenvalue weighted by Crippen LogP contribution is -2.58. The molecule has 3 aliphatic rings. The minimum atomic E-state index is -0.450. The molecule has 0 amide bonds. The molecule has 0 unspecified atom stereocenters. The Labute approximate surface area is 167 Å². The van der Waals surface area contributed by atoms with Crippen molar-refractivity contribution in [2.24, 2.45) is 0 Å².